The number of H-pyrrole nitrogens is 1. The molecule has 0 aliphatic carbocycles. The molecule has 0 saturated heterocycles. The van der Waals surface area contributed by atoms with Gasteiger partial charge in [0.05, 0.1) is 11.9 Å². The summed E-state index contributed by atoms with van der Waals surface area (Å²) >= 11 is 0. The average Bonchev–Trinajstić information content (AvgIpc) is 2.88. The van der Waals surface area contributed by atoms with E-state index in [9.17, 15) is 4.79 Å². The first-order valence-electron chi connectivity index (χ1n) is 5.38. The van der Waals surface area contributed by atoms with E-state index in [0.29, 0.717) is 18.7 Å². The number of aryl methyl sites for hydroxylation is 2. The number of amides is 1. The number of carbonyl (C=O) groups is 1. The Morgan fingerprint density at radius 3 is 2.94 bits per heavy atom. The highest BCUT2D eigenvalue weighted by Gasteiger charge is 2.11. The van der Waals surface area contributed by atoms with Crippen LogP contribution >= 0.6 is 0 Å². The molecule has 0 bridgehead atoms. The van der Waals surface area contributed by atoms with Crippen LogP contribution in [0, 0.1) is 13.8 Å². The van der Waals surface area contributed by atoms with E-state index in [4.69, 9.17) is 4.52 Å². The lowest BCUT2D eigenvalue weighted by Crippen LogP contribution is -2.12. The summed E-state index contributed by atoms with van der Waals surface area (Å²) < 4.78 is 5.04. The van der Waals surface area contributed by atoms with Crippen molar-refractivity contribution in [3.63, 3.8) is 0 Å². The predicted molar refractivity (Wildman–Crippen MR) is 61.5 cm³/mol. The van der Waals surface area contributed by atoms with Crippen LogP contribution in [0.4, 0.5) is 5.82 Å². The predicted octanol–water partition coefficient (Wildman–Crippen LogP) is 1.59. The Hall–Kier alpha value is -2.11. The third-order valence-electron chi connectivity index (χ3n) is 2.56. The summed E-state index contributed by atoms with van der Waals surface area (Å²) in [5.74, 6) is 1.32. The van der Waals surface area contributed by atoms with E-state index in [1.807, 2.05) is 13.8 Å². The van der Waals surface area contributed by atoms with Crippen LogP contribution in [0.3, 0.4) is 0 Å². The fourth-order valence-electron chi connectivity index (χ4n) is 1.64. The molecule has 0 radical (unpaired) electrons. The molecule has 2 N–H and O–H groups in total. The largest absolute Gasteiger partial charge is 0.361 e. The summed E-state index contributed by atoms with van der Waals surface area (Å²) in [5.41, 5.74) is 1.85. The average molecular weight is 234 g/mol. The van der Waals surface area contributed by atoms with Crippen molar-refractivity contribution in [2.24, 2.45) is 0 Å². The molecule has 2 rings (SSSR count). The monoisotopic (exact) mass is 234 g/mol. The fraction of sp³-hybridized carbons (Fsp3) is 0.364. The van der Waals surface area contributed by atoms with E-state index in [2.05, 4.69) is 20.7 Å². The number of nitrogens with zero attached hydrogens (tertiary/aromatic N) is 2. The molecule has 0 atom stereocenters. The van der Waals surface area contributed by atoms with Crippen molar-refractivity contribution in [1.82, 2.24) is 15.4 Å². The molecule has 0 fully saturated rings. The highest BCUT2D eigenvalue weighted by Crippen LogP contribution is 2.14. The second kappa shape index (κ2) is 4.82. The lowest BCUT2D eigenvalue weighted by Gasteiger charge is -2.02. The van der Waals surface area contributed by atoms with Crippen molar-refractivity contribution >= 4 is 11.7 Å². The third-order valence-corrected chi connectivity index (χ3v) is 2.56. The lowest BCUT2D eigenvalue weighted by molar-refractivity contribution is -0.116. The van der Waals surface area contributed by atoms with Gasteiger partial charge in [-0.15, -0.1) is 0 Å². The normalized spacial score (nSPS) is 10.5. The van der Waals surface area contributed by atoms with Gasteiger partial charge in [-0.3, -0.25) is 9.89 Å². The molecule has 0 unspecified atom stereocenters. The Kier molecular flexibility index (Phi) is 3.22. The fourth-order valence-corrected chi connectivity index (χ4v) is 1.64. The van der Waals surface area contributed by atoms with Gasteiger partial charge in [-0.1, -0.05) is 5.16 Å². The Balaban J connectivity index is 1.88. The zero-order chi connectivity index (χ0) is 12.3. The number of carbonyl (C=O) groups excluding carboxylic acids is 1. The molecule has 0 aliphatic heterocycles. The van der Waals surface area contributed by atoms with Crippen LogP contribution in [-0.4, -0.2) is 21.3 Å². The number of nitrogens with one attached hydrogen (secondary N) is 2. The molecular formula is C11H14N4O2. The molecular weight excluding hydrogens is 220 g/mol. The van der Waals surface area contributed by atoms with Gasteiger partial charge in [0.2, 0.25) is 5.91 Å². The van der Waals surface area contributed by atoms with E-state index in [1.165, 1.54) is 0 Å². The maximum Gasteiger partial charge on any atom is 0.225 e. The quantitative estimate of drug-likeness (QED) is 0.841. The SMILES string of the molecule is Cc1noc(C)c1CCC(=O)Nc1ccn[nH]1. The van der Waals surface area contributed by atoms with Gasteiger partial charge in [0.1, 0.15) is 11.6 Å². The molecule has 1 amide bonds. The van der Waals surface area contributed by atoms with Crippen molar-refractivity contribution < 1.29 is 9.32 Å². The maximum absolute atomic E-state index is 11.6. The van der Waals surface area contributed by atoms with Gasteiger partial charge in [0.25, 0.3) is 0 Å². The minimum Gasteiger partial charge on any atom is -0.361 e. The van der Waals surface area contributed by atoms with Gasteiger partial charge in [-0.05, 0) is 20.3 Å². The van der Waals surface area contributed by atoms with Crippen LogP contribution < -0.4 is 5.32 Å². The summed E-state index contributed by atoms with van der Waals surface area (Å²) in [7, 11) is 0. The minimum atomic E-state index is -0.0609. The molecule has 17 heavy (non-hydrogen) atoms. The van der Waals surface area contributed by atoms with Gasteiger partial charge in [-0.25, -0.2) is 0 Å². The van der Waals surface area contributed by atoms with Crippen LogP contribution in [0.25, 0.3) is 0 Å². The lowest BCUT2D eigenvalue weighted by atomic mass is 10.1. The van der Waals surface area contributed by atoms with Crippen LogP contribution in [-0.2, 0) is 11.2 Å². The van der Waals surface area contributed by atoms with E-state index >= 15 is 0 Å². The molecule has 2 aromatic rings. The number of aromatic amines is 1. The first-order chi connectivity index (χ1) is 8.16. The summed E-state index contributed by atoms with van der Waals surface area (Å²) in [6.45, 7) is 3.72. The third kappa shape index (κ3) is 2.72. The smallest absolute Gasteiger partial charge is 0.225 e. The second-order valence-corrected chi connectivity index (χ2v) is 3.82. The molecule has 6 heteroatoms. The van der Waals surface area contributed by atoms with Gasteiger partial charge < -0.3 is 9.84 Å². The first-order valence-corrected chi connectivity index (χ1v) is 5.38. The van der Waals surface area contributed by atoms with Gasteiger partial charge in [0.15, 0.2) is 0 Å². The molecule has 0 aliphatic rings. The summed E-state index contributed by atoms with van der Waals surface area (Å²) in [6, 6.07) is 1.70. The van der Waals surface area contributed by atoms with Crippen molar-refractivity contribution in [3.05, 3.63) is 29.3 Å². The highest BCUT2D eigenvalue weighted by atomic mass is 16.5. The number of hydrogen-bond acceptors (Lipinski definition) is 4. The number of aromatic nitrogens is 3. The molecule has 0 aromatic carbocycles. The summed E-state index contributed by atoms with van der Waals surface area (Å²) in [5, 5.41) is 13.0. The summed E-state index contributed by atoms with van der Waals surface area (Å²) in [4.78, 5) is 11.6. The molecule has 0 spiro atoms. The van der Waals surface area contributed by atoms with Crippen LogP contribution in [0.2, 0.25) is 0 Å². The molecule has 2 heterocycles. The minimum absolute atomic E-state index is 0.0609. The Morgan fingerprint density at radius 2 is 2.35 bits per heavy atom. The van der Waals surface area contributed by atoms with Crippen molar-refractivity contribution in [2.45, 2.75) is 26.7 Å². The zero-order valence-corrected chi connectivity index (χ0v) is 9.78. The first kappa shape index (κ1) is 11.4. The highest BCUT2D eigenvalue weighted by molar-refractivity contribution is 5.89. The van der Waals surface area contributed by atoms with E-state index in [-0.39, 0.29) is 5.91 Å². The Labute approximate surface area is 98.4 Å². The van der Waals surface area contributed by atoms with Gasteiger partial charge in [-0.2, -0.15) is 5.10 Å². The standard InChI is InChI=1S/C11H14N4O2/c1-7-9(8(2)17-15-7)3-4-11(16)13-10-5-6-12-14-10/h5-6H,3-4H2,1-2H3,(H2,12,13,14,16). The van der Waals surface area contributed by atoms with Crippen molar-refractivity contribution in [3.8, 4) is 0 Å². The van der Waals surface area contributed by atoms with Gasteiger partial charge in [0, 0.05) is 18.1 Å². The maximum atomic E-state index is 11.6. The molecule has 6 nitrogen and oxygen atoms in total. The van der Waals surface area contributed by atoms with Crippen molar-refractivity contribution in [1.29, 1.82) is 0 Å². The van der Waals surface area contributed by atoms with E-state index in [0.717, 1.165) is 17.0 Å². The van der Waals surface area contributed by atoms with Crippen LogP contribution in [0.15, 0.2) is 16.8 Å². The van der Waals surface area contributed by atoms with Crippen molar-refractivity contribution in [2.75, 3.05) is 5.32 Å². The molecule has 0 saturated carbocycles. The van der Waals surface area contributed by atoms with Gasteiger partial charge >= 0.3 is 0 Å². The van der Waals surface area contributed by atoms with Crippen LogP contribution in [0.1, 0.15) is 23.4 Å². The number of rotatable bonds is 4. The summed E-state index contributed by atoms with van der Waals surface area (Å²) in [6.07, 6.45) is 2.60. The number of anilines is 1. The molecule has 2 aromatic heterocycles. The number of hydrogen-bond donors (Lipinski definition) is 2. The van der Waals surface area contributed by atoms with E-state index < -0.39 is 0 Å². The Morgan fingerprint density at radius 1 is 1.53 bits per heavy atom. The zero-order valence-electron chi connectivity index (χ0n) is 9.78. The van der Waals surface area contributed by atoms with E-state index in [1.54, 1.807) is 12.3 Å². The second-order valence-electron chi connectivity index (χ2n) is 3.82. The molecule has 90 valence electrons. The Bertz CT molecular complexity index is 482. The topological polar surface area (TPSA) is 83.8 Å². The van der Waals surface area contributed by atoms with Crippen LogP contribution in [0.5, 0.6) is 0 Å².